The Kier molecular flexibility index (Phi) is 4.10. The molecule has 0 atom stereocenters. The second kappa shape index (κ2) is 6.01. The summed E-state index contributed by atoms with van der Waals surface area (Å²) in [5.74, 6) is 0.991. The quantitative estimate of drug-likeness (QED) is 0.638. The molecule has 2 aromatic heterocycles. The lowest BCUT2D eigenvalue weighted by atomic mass is 10.2. The van der Waals surface area contributed by atoms with E-state index in [1.54, 1.807) is 0 Å². The van der Waals surface area contributed by atoms with Crippen LogP contribution in [0.5, 0.6) is 0 Å². The SMILES string of the molecule is CCc1cc(Cn2ccnc2-c2ccc(I)cc2)n(C)n1. The first-order chi connectivity index (χ1) is 10.2. The first-order valence-electron chi connectivity index (χ1n) is 6.96. The molecule has 0 spiro atoms. The molecule has 5 heteroatoms. The average Bonchev–Trinajstić information content (AvgIpc) is 3.08. The van der Waals surface area contributed by atoms with Crippen molar-refractivity contribution in [3.05, 3.63) is 57.7 Å². The zero-order valence-electron chi connectivity index (χ0n) is 12.1. The summed E-state index contributed by atoms with van der Waals surface area (Å²) in [6.45, 7) is 2.91. The molecule has 4 nitrogen and oxygen atoms in total. The van der Waals surface area contributed by atoms with E-state index in [4.69, 9.17) is 0 Å². The largest absolute Gasteiger partial charge is 0.325 e. The molecule has 0 aliphatic carbocycles. The van der Waals surface area contributed by atoms with Crippen molar-refractivity contribution in [3.63, 3.8) is 0 Å². The summed E-state index contributed by atoms with van der Waals surface area (Å²) >= 11 is 2.31. The van der Waals surface area contributed by atoms with Crippen LogP contribution in [0, 0.1) is 3.57 Å². The lowest BCUT2D eigenvalue weighted by Gasteiger charge is -2.08. The second-order valence-corrected chi connectivity index (χ2v) is 6.24. The molecule has 0 unspecified atom stereocenters. The molecule has 0 saturated carbocycles. The maximum absolute atomic E-state index is 4.51. The Morgan fingerprint density at radius 1 is 1.19 bits per heavy atom. The number of hydrogen-bond acceptors (Lipinski definition) is 2. The van der Waals surface area contributed by atoms with Crippen LogP contribution in [0.15, 0.2) is 42.7 Å². The van der Waals surface area contributed by atoms with Gasteiger partial charge in [-0.1, -0.05) is 19.1 Å². The Morgan fingerprint density at radius 3 is 2.62 bits per heavy atom. The molecule has 2 heterocycles. The molecule has 0 N–H and O–H groups in total. The number of halogens is 1. The van der Waals surface area contributed by atoms with Crippen molar-refractivity contribution in [3.8, 4) is 11.4 Å². The van der Waals surface area contributed by atoms with Crippen LogP contribution in [-0.4, -0.2) is 19.3 Å². The van der Waals surface area contributed by atoms with Gasteiger partial charge in [-0.15, -0.1) is 0 Å². The van der Waals surface area contributed by atoms with E-state index in [0.29, 0.717) is 0 Å². The van der Waals surface area contributed by atoms with Gasteiger partial charge in [-0.05, 0) is 47.2 Å². The minimum Gasteiger partial charge on any atom is -0.325 e. The third-order valence-electron chi connectivity index (χ3n) is 3.54. The zero-order valence-corrected chi connectivity index (χ0v) is 14.3. The van der Waals surface area contributed by atoms with Gasteiger partial charge >= 0.3 is 0 Å². The molecule has 0 bridgehead atoms. The molecule has 0 fully saturated rings. The maximum Gasteiger partial charge on any atom is 0.140 e. The number of aromatic nitrogens is 4. The Balaban J connectivity index is 1.92. The fourth-order valence-electron chi connectivity index (χ4n) is 2.36. The van der Waals surface area contributed by atoms with Crippen molar-refractivity contribution in [2.45, 2.75) is 19.9 Å². The average molecular weight is 392 g/mol. The van der Waals surface area contributed by atoms with Gasteiger partial charge in [0.25, 0.3) is 0 Å². The molecule has 3 rings (SSSR count). The summed E-state index contributed by atoms with van der Waals surface area (Å²) in [6, 6.07) is 10.6. The first kappa shape index (κ1) is 14.3. The summed E-state index contributed by atoms with van der Waals surface area (Å²) in [5.41, 5.74) is 3.46. The highest BCUT2D eigenvalue weighted by atomic mass is 127. The maximum atomic E-state index is 4.51. The van der Waals surface area contributed by atoms with Gasteiger partial charge in [0.05, 0.1) is 17.9 Å². The van der Waals surface area contributed by atoms with Crippen LogP contribution < -0.4 is 0 Å². The molecule has 0 aliphatic rings. The summed E-state index contributed by atoms with van der Waals surface area (Å²) in [5, 5.41) is 4.51. The van der Waals surface area contributed by atoms with E-state index in [9.17, 15) is 0 Å². The minimum absolute atomic E-state index is 0.783. The van der Waals surface area contributed by atoms with Crippen LogP contribution in [0.4, 0.5) is 0 Å². The Labute approximate surface area is 138 Å². The molecule has 0 aliphatic heterocycles. The fourth-order valence-corrected chi connectivity index (χ4v) is 2.72. The highest BCUT2D eigenvalue weighted by Crippen LogP contribution is 2.20. The highest BCUT2D eigenvalue weighted by Gasteiger charge is 2.09. The smallest absolute Gasteiger partial charge is 0.140 e. The van der Waals surface area contributed by atoms with E-state index in [1.165, 1.54) is 9.26 Å². The Morgan fingerprint density at radius 2 is 1.95 bits per heavy atom. The fraction of sp³-hybridized carbons (Fsp3) is 0.250. The van der Waals surface area contributed by atoms with E-state index in [2.05, 4.69) is 74.5 Å². The van der Waals surface area contributed by atoms with E-state index in [-0.39, 0.29) is 0 Å². The number of imidazole rings is 1. The van der Waals surface area contributed by atoms with Crippen LogP contribution in [-0.2, 0) is 20.0 Å². The number of hydrogen-bond donors (Lipinski definition) is 0. The van der Waals surface area contributed by atoms with E-state index in [1.807, 2.05) is 24.1 Å². The Bertz CT molecular complexity index is 740. The molecule has 21 heavy (non-hydrogen) atoms. The highest BCUT2D eigenvalue weighted by molar-refractivity contribution is 14.1. The van der Waals surface area contributed by atoms with Crippen LogP contribution in [0.1, 0.15) is 18.3 Å². The third kappa shape index (κ3) is 3.02. The molecule has 0 radical (unpaired) electrons. The predicted molar refractivity (Wildman–Crippen MR) is 92.1 cm³/mol. The summed E-state index contributed by atoms with van der Waals surface area (Å²) < 4.78 is 5.35. The summed E-state index contributed by atoms with van der Waals surface area (Å²) in [6.07, 6.45) is 4.83. The molecule has 108 valence electrons. The van der Waals surface area contributed by atoms with Crippen LogP contribution in [0.25, 0.3) is 11.4 Å². The van der Waals surface area contributed by atoms with Crippen molar-refractivity contribution >= 4 is 22.6 Å². The lowest BCUT2D eigenvalue weighted by Crippen LogP contribution is -2.06. The van der Waals surface area contributed by atoms with Gasteiger partial charge in [0.2, 0.25) is 0 Å². The van der Waals surface area contributed by atoms with Crippen LogP contribution in [0.3, 0.4) is 0 Å². The van der Waals surface area contributed by atoms with Gasteiger partial charge in [0, 0.05) is 28.6 Å². The second-order valence-electron chi connectivity index (χ2n) is 4.99. The van der Waals surface area contributed by atoms with Crippen molar-refractivity contribution < 1.29 is 0 Å². The number of nitrogens with zero attached hydrogens (tertiary/aromatic N) is 4. The monoisotopic (exact) mass is 392 g/mol. The van der Waals surface area contributed by atoms with Gasteiger partial charge in [0.1, 0.15) is 5.82 Å². The lowest BCUT2D eigenvalue weighted by molar-refractivity contribution is 0.663. The van der Waals surface area contributed by atoms with E-state index >= 15 is 0 Å². The van der Waals surface area contributed by atoms with E-state index < -0.39 is 0 Å². The third-order valence-corrected chi connectivity index (χ3v) is 4.26. The molecule has 0 amide bonds. The Hall–Kier alpha value is -1.63. The molecule has 1 aromatic carbocycles. The van der Waals surface area contributed by atoms with Crippen LogP contribution >= 0.6 is 22.6 Å². The number of aryl methyl sites for hydroxylation is 2. The first-order valence-corrected chi connectivity index (χ1v) is 8.04. The van der Waals surface area contributed by atoms with Crippen LogP contribution in [0.2, 0.25) is 0 Å². The summed E-state index contributed by atoms with van der Waals surface area (Å²) in [4.78, 5) is 4.50. The summed E-state index contributed by atoms with van der Waals surface area (Å²) in [7, 11) is 2.00. The molecule has 3 aromatic rings. The minimum atomic E-state index is 0.783. The van der Waals surface area contributed by atoms with Gasteiger partial charge in [-0.3, -0.25) is 4.68 Å². The van der Waals surface area contributed by atoms with Gasteiger partial charge in [-0.25, -0.2) is 4.98 Å². The van der Waals surface area contributed by atoms with Crippen molar-refractivity contribution in [2.75, 3.05) is 0 Å². The molecular weight excluding hydrogens is 375 g/mol. The molecule has 0 saturated heterocycles. The van der Waals surface area contributed by atoms with Gasteiger partial charge in [0.15, 0.2) is 0 Å². The predicted octanol–water partition coefficient (Wildman–Crippen LogP) is 3.50. The van der Waals surface area contributed by atoms with Crippen molar-refractivity contribution in [1.29, 1.82) is 0 Å². The van der Waals surface area contributed by atoms with Crippen molar-refractivity contribution in [2.24, 2.45) is 7.05 Å². The number of rotatable bonds is 4. The number of benzene rings is 1. The zero-order chi connectivity index (χ0) is 14.8. The van der Waals surface area contributed by atoms with Gasteiger partial charge < -0.3 is 4.57 Å². The standard InChI is InChI=1S/C16H17IN4/c1-3-14-10-15(20(2)19-14)11-21-9-8-18-16(21)12-4-6-13(17)7-5-12/h4-10H,3,11H2,1-2H3. The van der Waals surface area contributed by atoms with E-state index in [0.717, 1.165) is 30.0 Å². The normalized spacial score (nSPS) is 11.0. The topological polar surface area (TPSA) is 35.6 Å². The van der Waals surface area contributed by atoms with Gasteiger partial charge in [-0.2, -0.15) is 5.10 Å². The van der Waals surface area contributed by atoms with Crippen molar-refractivity contribution in [1.82, 2.24) is 19.3 Å². The molecular formula is C16H17IN4.